The molecular weight excluding hydrogens is 328 g/mol. The number of thioether (sulfide) groups is 1. The zero-order valence-electron chi connectivity index (χ0n) is 12.8. The Balaban J connectivity index is 1.56. The third-order valence-corrected chi connectivity index (χ3v) is 3.79. The van der Waals surface area contributed by atoms with E-state index in [9.17, 15) is 4.79 Å². The molecule has 3 aromatic rings. The number of anilines is 1. The maximum atomic E-state index is 12.0. The highest BCUT2D eigenvalue weighted by atomic mass is 32.2. The van der Waals surface area contributed by atoms with Crippen molar-refractivity contribution < 1.29 is 13.9 Å². The van der Waals surface area contributed by atoms with Crippen molar-refractivity contribution in [3.63, 3.8) is 0 Å². The minimum absolute atomic E-state index is 0.154. The molecule has 0 saturated carbocycles. The number of ether oxygens (including phenoxy) is 1. The number of pyridine rings is 1. The van der Waals surface area contributed by atoms with Crippen molar-refractivity contribution in [2.24, 2.45) is 0 Å². The van der Waals surface area contributed by atoms with Crippen molar-refractivity contribution in [1.29, 1.82) is 0 Å². The number of hydrogen-bond acceptors (Lipinski definition) is 7. The highest BCUT2D eigenvalue weighted by Crippen LogP contribution is 2.22. The quantitative estimate of drug-likeness (QED) is 0.689. The molecule has 0 aliphatic carbocycles. The van der Waals surface area contributed by atoms with Gasteiger partial charge >= 0.3 is 0 Å². The number of amides is 1. The molecule has 0 saturated heterocycles. The molecule has 1 N–H and O–H groups in total. The van der Waals surface area contributed by atoms with Crippen LogP contribution >= 0.6 is 11.8 Å². The molecule has 0 unspecified atom stereocenters. The van der Waals surface area contributed by atoms with E-state index in [1.165, 1.54) is 0 Å². The monoisotopic (exact) mass is 342 g/mol. The fraction of sp³-hybridized carbons (Fsp3) is 0.125. The van der Waals surface area contributed by atoms with Crippen LogP contribution in [0.5, 0.6) is 5.75 Å². The summed E-state index contributed by atoms with van der Waals surface area (Å²) in [5.74, 6) is 0.982. The minimum Gasteiger partial charge on any atom is -0.497 e. The highest BCUT2D eigenvalue weighted by molar-refractivity contribution is 7.99. The lowest BCUT2D eigenvalue weighted by Gasteiger charge is -2.05. The summed E-state index contributed by atoms with van der Waals surface area (Å²) in [6.07, 6.45) is 1.65. The van der Waals surface area contributed by atoms with Gasteiger partial charge in [0.25, 0.3) is 11.1 Å². The predicted molar refractivity (Wildman–Crippen MR) is 89.9 cm³/mol. The van der Waals surface area contributed by atoms with E-state index in [-0.39, 0.29) is 11.7 Å². The number of rotatable bonds is 6. The van der Waals surface area contributed by atoms with Crippen molar-refractivity contribution in [3.05, 3.63) is 48.7 Å². The number of nitrogens with zero attached hydrogens (tertiary/aromatic N) is 3. The summed E-state index contributed by atoms with van der Waals surface area (Å²) in [6.45, 7) is 0. The Morgan fingerprint density at radius 2 is 2.17 bits per heavy atom. The lowest BCUT2D eigenvalue weighted by molar-refractivity contribution is -0.113. The van der Waals surface area contributed by atoms with Gasteiger partial charge in [-0.05, 0) is 24.3 Å². The van der Waals surface area contributed by atoms with Crippen molar-refractivity contribution >= 4 is 23.4 Å². The second-order valence-corrected chi connectivity index (χ2v) is 5.58. The van der Waals surface area contributed by atoms with Crippen molar-refractivity contribution in [2.75, 3.05) is 18.2 Å². The summed E-state index contributed by atoms with van der Waals surface area (Å²) in [4.78, 5) is 16.1. The standard InChI is InChI=1S/C16H14N4O3S/c1-22-12-6-4-5-11(9-12)18-14(21)10-24-16-20-19-15(23-16)13-7-2-3-8-17-13/h2-9H,10H2,1H3,(H,18,21). The van der Waals surface area contributed by atoms with E-state index in [1.54, 1.807) is 43.6 Å². The number of nitrogens with one attached hydrogen (secondary N) is 1. The molecule has 0 aliphatic rings. The second kappa shape index (κ2) is 7.60. The summed E-state index contributed by atoms with van der Waals surface area (Å²) in [5.41, 5.74) is 1.26. The first-order chi connectivity index (χ1) is 11.7. The zero-order chi connectivity index (χ0) is 16.8. The number of hydrogen-bond donors (Lipinski definition) is 1. The molecule has 0 aliphatic heterocycles. The molecule has 7 nitrogen and oxygen atoms in total. The van der Waals surface area contributed by atoms with Crippen LogP contribution in [0.15, 0.2) is 58.3 Å². The van der Waals surface area contributed by atoms with E-state index in [0.717, 1.165) is 11.8 Å². The van der Waals surface area contributed by atoms with Gasteiger partial charge in [0.1, 0.15) is 11.4 Å². The Labute approximate surface area is 142 Å². The molecule has 24 heavy (non-hydrogen) atoms. The number of benzene rings is 1. The predicted octanol–water partition coefficient (Wildman–Crippen LogP) is 2.87. The lowest BCUT2D eigenvalue weighted by atomic mass is 10.3. The first kappa shape index (κ1) is 16.0. The van der Waals surface area contributed by atoms with Gasteiger partial charge in [-0.15, -0.1) is 10.2 Å². The first-order valence-corrected chi connectivity index (χ1v) is 8.05. The molecule has 0 bridgehead atoms. The summed E-state index contributed by atoms with van der Waals surface area (Å²) in [6, 6.07) is 12.6. The molecule has 0 atom stereocenters. The molecule has 2 aromatic heterocycles. The summed E-state index contributed by atoms with van der Waals surface area (Å²) in [7, 11) is 1.57. The molecule has 3 rings (SSSR count). The molecule has 0 spiro atoms. The molecule has 0 fully saturated rings. The van der Waals surface area contributed by atoms with Crippen LogP contribution in [0.25, 0.3) is 11.6 Å². The summed E-state index contributed by atoms with van der Waals surface area (Å²) < 4.78 is 10.6. The Bertz CT molecular complexity index is 823. The SMILES string of the molecule is COc1cccc(NC(=O)CSc2nnc(-c3ccccn3)o2)c1. The average molecular weight is 342 g/mol. The minimum atomic E-state index is -0.175. The van der Waals surface area contributed by atoms with Crippen LogP contribution in [-0.4, -0.2) is 34.0 Å². The third kappa shape index (κ3) is 4.11. The van der Waals surface area contributed by atoms with Crippen LogP contribution in [0.1, 0.15) is 0 Å². The second-order valence-electron chi connectivity index (χ2n) is 4.66. The normalized spacial score (nSPS) is 10.4. The van der Waals surface area contributed by atoms with Crippen LogP contribution < -0.4 is 10.1 Å². The zero-order valence-corrected chi connectivity index (χ0v) is 13.6. The van der Waals surface area contributed by atoms with Gasteiger partial charge in [-0.3, -0.25) is 9.78 Å². The fourth-order valence-corrected chi connectivity index (χ4v) is 2.45. The smallest absolute Gasteiger partial charge is 0.277 e. The van der Waals surface area contributed by atoms with Gasteiger partial charge in [-0.2, -0.15) is 0 Å². The van der Waals surface area contributed by atoms with E-state index >= 15 is 0 Å². The van der Waals surface area contributed by atoms with Gasteiger partial charge < -0.3 is 14.5 Å². The molecule has 122 valence electrons. The van der Waals surface area contributed by atoms with Gasteiger partial charge in [-0.1, -0.05) is 23.9 Å². The van der Waals surface area contributed by atoms with E-state index in [1.807, 2.05) is 12.1 Å². The molecule has 1 amide bonds. The van der Waals surface area contributed by atoms with E-state index in [0.29, 0.717) is 28.2 Å². The molecular formula is C16H14N4O3S. The molecule has 1 aromatic carbocycles. The van der Waals surface area contributed by atoms with Gasteiger partial charge in [0.15, 0.2) is 0 Å². The summed E-state index contributed by atoms with van der Waals surface area (Å²) >= 11 is 1.16. The Kier molecular flexibility index (Phi) is 5.07. The number of aromatic nitrogens is 3. The lowest BCUT2D eigenvalue weighted by Crippen LogP contribution is -2.13. The van der Waals surface area contributed by atoms with Crippen molar-refractivity contribution in [2.45, 2.75) is 5.22 Å². The van der Waals surface area contributed by atoms with Crippen LogP contribution in [0, 0.1) is 0 Å². The number of carbonyl (C=O) groups is 1. The molecule has 2 heterocycles. The van der Waals surface area contributed by atoms with Crippen LogP contribution in [0.2, 0.25) is 0 Å². The average Bonchev–Trinajstić information content (AvgIpc) is 3.10. The van der Waals surface area contributed by atoms with E-state index in [2.05, 4.69) is 20.5 Å². The van der Waals surface area contributed by atoms with E-state index in [4.69, 9.17) is 9.15 Å². The number of carbonyl (C=O) groups excluding carboxylic acids is 1. The van der Waals surface area contributed by atoms with E-state index < -0.39 is 0 Å². The van der Waals surface area contributed by atoms with Crippen molar-refractivity contribution in [1.82, 2.24) is 15.2 Å². The molecule has 8 heteroatoms. The third-order valence-electron chi connectivity index (χ3n) is 2.97. The van der Waals surface area contributed by atoms with Gasteiger partial charge in [0.2, 0.25) is 5.91 Å². The Morgan fingerprint density at radius 3 is 2.96 bits per heavy atom. The topological polar surface area (TPSA) is 90.1 Å². The van der Waals surface area contributed by atoms with Crippen LogP contribution in [0.4, 0.5) is 5.69 Å². The maximum absolute atomic E-state index is 12.0. The van der Waals surface area contributed by atoms with Crippen LogP contribution in [0.3, 0.4) is 0 Å². The Morgan fingerprint density at radius 1 is 1.25 bits per heavy atom. The fourth-order valence-electron chi connectivity index (χ4n) is 1.89. The largest absolute Gasteiger partial charge is 0.497 e. The first-order valence-electron chi connectivity index (χ1n) is 7.06. The van der Waals surface area contributed by atoms with Crippen LogP contribution in [-0.2, 0) is 4.79 Å². The van der Waals surface area contributed by atoms with Gasteiger partial charge in [0, 0.05) is 18.0 Å². The maximum Gasteiger partial charge on any atom is 0.277 e. The highest BCUT2D eigenvalue weighted by Gasteiger charge is 2.12. The number of methoxy groups -OCH3 is 1. The molecule has 0 radical (unpaired) electrons. The Hall–Kier alpha value is -2.87. The van der Waals surface area contributed by atoms with Gasteiger partial charge in [-0.25, -0.2) is 0 Å². The van der Waals surface area contributed by atoms with Gasteiger partial charge in [0.05, 0.1) is 12.9 Å². The van der Waals surface area contributed by atoms with Crippen molar-refractivity contribution in [3.8, 4) is 17.3 Å². The summed E-state index contributed by atoms with van der Waals surface area (Å²) in [5, 5.41) is 10.9.